The number of rotatable bonds is 6. The van der Waals surface area contributed by atoms with E-state index in [0.29, 0.717) is 16.7 Å². The zero-order chi connectivity index (χ0) is 15.3. The van der Waals surface area contributed by atoms with Crippen LogP contribution in [-0.2, 0) is 11.4 Å². The van der Waals surface area contributed by atoms with Gasteiger partial charge in [-0.15, -0.1) is 4.72 Å². The number of hydrogen-bond donors (Lipinski definition) is 1. The lowest BCUT2D eigenvalue weighted by Gasteiger charge is -2.29. The molecule has 0 saturated heterocycles. The van der Waals surface area contributed by atoms with Crippen molar-refractivity contribution in [2.75, 3.05) is 0 Å². The van der Waals surface area contributed by atoms with Gasteiger partial charge in [-0.25, -0.2) is 9.37 Å². The van der Waals surface area contributed by atoms with Crippen LogP contribution in [0.25, 0.3) is 0 Å². The van der Waals surface area contributed by atoms with E-state index < -0.39 is 28.3 Å². The van der Waals surface area contributed by atoms with Crippen molar-refractivity contribution < 1.29 is 8.94 Å². The van der Waals surface area contributed by atoms with Crippen LogP contribution in [0.3, 0.4) is 0 Å². The molecule has 0 bridgehead atoms. The summed E-state index contributed by atoms with van der Waals surface area (Å²) in [4.78, 5) is 4.29. The Morgan fingerprint density at radius 3 is 2.60 bits per heavy atom. The van der Waals surface area contributed by atoms with E-state index in [2.05, 4.69) is 25.6 Å². The monoisotopic (exact) mass is 364 g/mol. The van der Waals surface area contributed by atoms with Gasteiger partial charge in [-0.2, -0.15) is 0 Å². The Morgan fingerprint density at radius 2 is 2.10 bits per heavy atom. The smallest absolute Gasteiger partial charge is 0.136 e. The van der Waals surface area contributed by atoms with Crippen molar-refractivity contribution in [1.29, 1.82) is 0 Å². The maximum Gasteiger partial charge on any atom is 0.136 e. The standard InChI is InChI=1S/C14H22BrFN2OS/c1-5-7-10(16)13(18-20(19)14(2,3)4)11-8-6-9-12(15)17-11/h6,8-10,13,18H,5,7H2,1-4H3/t10?,13-,20-/m1/s1. The Balaban J connectivity index is 2.97. The molecule has 0 aromatic carbocycles. The van der Waals surface area contributed by atoms with E-state index >= 15 is 0 Å². The van der Waals surface area contributed by atoms with Gasteiger partial charge < -0.3 is 4.55 Å². The number of pyridine rings is 1. The molecular formula is C14H22BrFN2OS. The number of hydrogen-bond acceptors (Lipinski definition) is 3. The molecule has 0 spiro atoms. The highest BCUT2D eigenvalue weighted by molar-refractivity contribution is 9.10. The summed E-state index contributed by atoms with van der Waals surface area (Å²) in [6, 6.07) is 4.69. The third-order valence-electron chi connectivity index (χ3n) is 2.77. The molecule has 0 aliphatic rings. The van der Waals surface area contributed by atoms with Crippen LogP contribution >= 0.6 is 15.9 Å². The molecule has 114 valence electrons. The minimum absolute atomic E-state index is 0.410. The van der Waals surface area contributed by atoms with Gasteiger partial charge in [0, 0.05) is 11.4 Å². The number of nitrogens with one attached hydrogen (secondary N) is 1. The van der Waals surface area contributed by atoms with Crippen molar-refractivity contribution in [1.82, 2.24) is 9.71 Å². The number of alkyl halides is 1. The largest absolute Gasteiger partial charge is 0.598 e. The van der Waals surface area contributed by atoms with Gasteiger partial charge in [0.05, 0.1) is 5.69 Å². The first kappa shape index (κ1) is 17.9. The van der Waals surface area contributed by atoms with Crippen molar-refractivity contribution in [2.24, 2.45) is 0 Å². The molecular weight excluding hydrogens is 343 g/mol. The third kappa shape index (κ3) is 5.31. The molecule has 1 heterocycles. The summed E-state index contributed by atoms with van der Waals surface area (Å²) < 4.78 is 29.7. The molecule has 0 aliphatic heterocycles. The Hall–Kier alpha value is -0.170. The first-order chi connectivity index (χ1) is 9.25. The number of nitrogens with zero attached hydrogens (tertiary/aromatic N) is 1. The van der Waals surface area contributed by atoms with Crippen molar-refractivity contribution in [2.45, 2.75) is 57.5 Å². The van der Waals surface area contributed by atoms with Crippen LogP contribution in [0.4, 0.5) is 4.39 Å². The molecule has 1 aromatic heterocycles. The minimum atomic E-state index is -1.34. The Bertz CT molecular complexity index is 428. The molecule has 1 rings (SSSR count). The van der Waals surface area contributed by atoms with Crippen molar-refractivity contribution >= 4 is 27.3 Å². The van der Waals surface area contributed by atoms with Crippen LogP contribution in [-0.4, -0.2) is 20.5 Å². The first-order valence-electron chi connectivity index (χ1n) is 6.70. The Morgan fingerprint density at radius 1 is 1.45 bits per heavy atom. The normalized spacial score (nSPS) is 16.8. The molecule has 0 saturated carbocycles. The topological polar surface area (TPSA) is 48.0 Å². The molecule has 0 aliphatic carbocycles. The zero-order valence-electron chi connectivity index (χ0n) is 12.3. The molecule has 1 N–H and O–H groups in total. The highest BCUT2D eigenvalue weighted by atomic mass is 79.9. The van der Waals surface area contributed by atoms with Gasteiger partial charge in [-0.3, -0.25) is 0 Å². The predicted octanol–water partition coefficient (Wildman–Crippen LogP) is 4.08. The summed E-state index contributed by atoms with van der Waals surface area (Å²) in [7, 11) is 0. The highest BCUT2D eigenvalue weighted by Gasteiger charge is 2.34. The lowest BCUT2D eigenvalue weighted by molar-refractivity contribution is 0.249. The summed E-state index contributed by atoms with van der Waals surface area (Å²) in [5, 5.41) is 0. The average molecular weight is 365 g/mol. The van der Waals surface area contributed by atoms with Gasteiger partial charge in [0.15, 0.2) is 0 Å². The number of halogens is 2. The van der Waals surface area contributed by atoms with Gasteiger partial charge >= 0.3 is 0 Å². The SMILES string of the molecule is CCCC(F)[C@@H](N[S@+]([O-])C(C)(C)C)c1cccc(Br)n1. The van der Waals surface area contributed by atoms with Gasteiger partial charge in [0.25, 0.3) is 0 Å². The second-order valence-electron chi connectivity index (χ2n) is 5.67. The highest BCUT2D eigenvalue weighted by Crippen LogP contribution is 2.26. The maximum atomic E-state index is 14.4. The van der Waals surface area contributed by atoms with Crippen molar-refractivity contribution in [3.8, 4) is 0 Å². The van der Waals surface area contributed by atoms with Crippen LogP contribution in [0.5, 0.6) is 0 Å². The fraction of sp³-hybridized carbons (Fsp3) is 0.643. The molecule has 6 heteroatoms. The fourth-order valence-electron chi connectivity index (χ4n) is 1.65. The predicted molar refractivity (Wildman–Crippen MR) is 85.5 cm³/mol. The van der Waals surface area contributed by atoms with Crippen LogP contribution in [0.1, 0.15) is 52.3 Å². The lowest BCUT2D eigenvalue weighted by Crippen LogP contribution is -2.44. The van der Waals surface area contributed by atoms with Gasteiger partial charge in [0.2, 0.25) is 0 Å². The summed E-state index contributed by atoms with van der Waals surface area (Å²) in [6.07, 6.45) is 0.0241. The second kappa shape index (κ2) is 7.73. The lowest BCUT2D eigenvalue weighted by atomic mass is 10.1. The fourth-order valence-corrected chi connectivity index (χ4v) is 2.86. The molecule has 0 amide bonds. The summed E-state index contributed by atoms with van der Waals surface area (Å²) >= 11 is 1.94. The van der Waals surface area contributed by atoms with Gasteiger partial charge in [-0.05, 0) is 55.3 Å². The molecule has 1 aromatic rings. The van der Waals surface area contributed by atoms with E-state index in [9.17, 15) is 8.94 Å². The molecule has 1 unspecified atom stereocenters. The van der Waals surface area contributed by atoms with Gasteiger partial charge in [0.1, 0.15) is 21.6 Å². The molecule has 0 radical (unpaired) electrons. The van der Waals surface area contributed by atoms with E-state index in [1.54, 1.807) is 18.2 Å². The van der Waals surface area contributed by atoms with Crippen LogP contribution in [0.15, 0.2) is 22.8 Å². The Kier molecular flexibility index (Phi) is 6.91. The van der Waals surface area contributed by atoms with E-state index in [-0.39, 0.29) is 0 Å². The van der Waals surface area contributed by atoms with E-state index in [4.69, 9.17) is 0 Å². The Labute approximate surface area is 132 Å². The molecule has 3 atom stereocenters. The van der Waals surface area contributed by atoms with Crippen LogP contribution in [0, 0.1) is 0 Å². The summed E-state index contributed by atoms with van der Waals surface area (Å²) in [5.41, 5.74) is 0.568. The minimum Gasteiger partial charge on any atom is -0.598 e. The van der Waals surface area contributed by atoms with Crippen molar-refractivity contribution in [3.05, 3.63) is 28.5 Å². The molecule has 20 heavy (non-hydrogen) atoms. The maximum absolute atomic E-state index is 14.4. The van der Waals surface area contributed by atoms with Crippen LogP contribution in [0.2, 0.25) is 0 Å². The molecule has 0 fully saturated rings. The van der Waals surface area contributed by atoms with E-state index in [0.717, 1.165) is 6.42 Å². The third-order valence-corrected chi connectivity index (χ3v) is 4.79. The average Bonchev–Trinajstić information content (AvgIpc) is 2.34. The van der Waals surface area contributed by atoms with E-state index in [1.165, 1.54) is 0 Å². The first-order valence-corrected chi connectivity index (χ1v) is 8.64. The summed E-state index contributed by atoms with van der Waals surface area (Å²) in [5.74, 6) is 0. The zero-order valence-corrected chi connectivity index (χ0v) is 14.7. The van der Waals surface area contributed by atoms with Crippen molar-refractivity contribution in [3.63, 3.8) is 0 Å². The van der Waals surface area contributed by atoms with E-state index in [1.807, 2.05) is 27.7 Å². The number of aromatic nitrogens is 1. The second-order valence-corrected chi connectivity index (χ2v) is 8.48. The van der Waals surface area contributed by atoms with Gasteiger partial charge in [-0.1, -0.05) is 19.4 Å². The quantitative estimate of drug-likeness (QED) is 0.611. The summed E-state index contributed by atoms with van der Waals surface area (Å²) in [6.45, 7) is 7.50. The van der Waals surface area contributed by atoms with Crippen LogP contribution < -0.4 is 4.72 Å². The molecule has 3 nitrogen and oxygen atoms in total.